The van der Waals surface area contributed by atoms with E-state index in [1.807, 2.05) is 37.1 Å². The maximum atomic E-state index is 10.6. The normalized spacial score (nSPS) is 12.0. The van der Waals surface area contributed by atoms with Crippen LogP contribution in [0.5, 0.6) is 5.75 Å². The first-order chi connectivity index (χ1) is 8.43. The predicted molar refractivity (Wildman–Crippen MR) is 75.4 cm³/mol. The summed E-state index contributed by atoms with van der Waals surface area (Å²) < 4.78 is 6.06. The Bertz CT molecular complexity index is 423. The number of hydrogen-bond donors (Lipinski definition) is 1. The summed E-state index contributed by atoms with van der Waals surface area (Å²) in [7, 11) is 3.57. The zero-order chi connectivity index (χ0) is 13.7. The lowest BCUT2D eigenvalue weighted by atomic mass is 10.1. The fourth-order valence-corrected chi connectivity index (χ4v) is 2.36. The maximum absolute atomic E-state index is 10.6. The Kier molecular flexibility index (Phi) is 5.47. The molecule has 0 fully saturated rings. The zero-order valence-corrected chi connectivity index (χ0v) is 12.4. The Morgan fingerprint density at radius 1 is 1.56 bits per heavy atom. The zero-order valence-electron chi connectivity index (χ0n) is 10.8. The highest BCUT2D eigenvalue weighted by atomic mass is 79.9. The third-order valence-electron chi connectivity index (χ3n) is 2.68. The molecular formula is C13H18BrNO3. The Labute approximate surface area is 116 Å². The number of carboxylic acids is 1. The second-order valence-electron chi connectivity index (χ2n) is 4.40. The van der Waals surface area contributed by atoms with Crippen LogP contribution in [0, 0.1) is 5.92 Å². The highest BCUT2D eigenvalue weighted by Gasteiger charge is 2.12. The van der Waals surface area contributed by atoms with E-state index in [-0.39, 0.29) is 12.3 Å². The minimum Gasteiger partial charge on any atom is -0.496 e. The van der Waals surface area contributed by atoms with Gasteiger partial charge in [0.1, 0.15) is 5.75 Å². The molecule has 0 aliphatic carbocycles. The van der Waals surface area contributed by atoms with Gasteiger partial charge < -0.3 is 14.7 Å². The Hall–Kier alpha value is -1.23. The first kappa shape index (κ1) is 14.8. The van der Waals surface area contributed by atoms with Gasteiger partial charge in [-0.15, -0.1) is 0 Å². The largest absolute Gasteiger partial charge is 0.496 e. The summed E-state index contributed by atoms with van der Waals surface area (Å²) in [5.74, 6) is 0.130. The van der Waals surface area contributed by atoms with Gasteiger partial charge in [0.15, 0.2) is 0 Å². The van der Waals surface area contributed by atoms with Crippen LogP contribution in [0.2, 0.25) is 0 Å². The number of halogens is 1. The van der Waals surface area contributed by atoms with Crippen molar-refractivity contribution in [3.8, 4) is 5.75 Å². The molecule has 1 atom stereocenters. The van der Waals surface area contributed by atoms with Gasteiger partial charge in [0.05, 0.1) is 11.6 Å². The number of hydrogen-bond acceptors (Lipinski definition) is 3. The number of rotatable bonds is 6. The average molecular weight is 316 g/mol. The fraction of sp³-hybridized carbons (Fsp3) is 0.462. The number of carboxylic acid groups (broad SMARTS) is 1. The van der Waals surface area contributed by atoms with E-state index in [0.29, 0.717) is 6.54 Å². The van der Waals surface area contributed by atoms with E-state index in [2.05, 4.69) is 15.9 Å². The summed E-state index contributed by atoms with van der Waals surface area (Å²) in [6, 6.07) is 5.81. The van der Waals surface area contributed by atoms with Crippen LogP contribution in [0.25, 0.3) is 0 Å². The molecule has 0 saturated heterocycles. The number of methoxy groups -OCH3 is 1. The van der Waals surface area contributed by atoms with Crippen LogP contribution in [-0.4, -0.2) is 31.8 Å². The van der Waals surface area contributed by atoms with Gasteiger partial charge in [0.25, 0.3) is 0 Å². The molecule has 0 amide bonds. The van der Waals surface area contributed by atoms with Crippen molar-refractivity contribution in [2.45, 2.75) is 13.3 Å². The van der Waals surface area contributed by atoms with Crippen LogP contribution in [0.3, 0.4) is 0 Å². The quantitative estimate of drug-likeness (QED) is 0.876. The van der Waals surface area contributed by atoms with Gasteiger partial charge in [-0.05, 0) is 40.0 Å². The number of nitrogens with zero attached hydrogens (tertiary/aromatic N) is 1. The van der Waals surface area contributed by atoms with Gasteiger partial charge in [-0.3, -0.25) is 4.79 Å². The predicted octanol–water partition coefficient (Wildman–Crippen LogP) is 3.00. The van der Waals surface area contributed by atoms with Gasteiger partial charge in [-0.2, -0.15) is 0 Å². The van der Waals surface area contributed by atoms with E-state index < -0.39 is 5.97 Å². The standard InChI is InChI=1S/C13H18BrNO3/c1-9(6-13(16)17)8-15(2)10-4-5-12(18-3)11(14)7-10/h4-5,7,9H,6,8H2,1-3H3,(H,16,17). The van der Waals surface area contributed by atoms with Crippen molar-refractivity contribution in [2.24, 2.45) is 5.92 Å². The summed E-state index contributed by atoms with van der Waals surface area (Å²) in [5, 5.41) is 8.74. The summed E-state index contributed by atoms with van der Waals surface area (Å²) >= 11 is 3.44. The highest BCUT2D eigenvalue weighted by Crippen LogP contribution is 2.29. The molecule has 100 valence electrons. The molecule has 1 aromatic carbocycles. The molecule has 18 heavy (non-hydrogen) atoms. The molecule has 5 heteroatoms. The van der Waals surface area contributed by atoms with E-state index in [4.69, 9.17) is 9.84 Å². The van der Waals surface area contributed by atoms with Gasteiger partial charge in [-0.25, -0.2) is 0 Å². The van der Waals surface area contributed by atoms with Crippen molar-refractivity contribution < 1.29 is 14.6 Å². The lowest BCUT2D eigenvalue weighted by Crippen LogP contribution is -2.25. The lowest BCUT2D eigenvalue weighted by molar-refractivity contribution is -0.137. The number of anilines is 1. The third kappa shape index (κ3) is 4.22. The van der Waals surface area contributed by atoms with E-state index >= 15 is 0 Å². The van der Waals surface area contributed by atoms with Crippen LogP contribution in [0.15, 0.2) is 22.7 Å². The van der Waals surface area contributed by atoms with E-state index in [1.165, 1.54) is 0 Å². The summed E-state index contributed by atoms with van der Waals surface area (Å²) in [6.45, 7) is 2.63. The Morgan fingerprint density at radius 3 is 2.72 bits per heavy atom. The molecule has 1 rings (SSSR count). The molecule has 1 N–H and O–H groups in total. The Morgan fingerprint density at radius 2 is 2.22 bits per heavy atom. The number of ether oxygens (including phenoxy) is 1. The SMILES string of the molecule is COc1ccc(N(C)CC(C)CC(=O)O)cc1Br. The van der Waals surface area contributed by atoms with Gasteiger partial charge in [0.2, 0.25) is 0 Å². The topological polar surface area (TPSA) is 49.8 Å². The molecule has 4 nitrogen and oxygen atoms in total. The maximum Gasteiger partial charge on any atom is 0.303 e. The van der Waals surface area contributed by atoms with Crippen molar-refractivity contribution in [3.05, 3.63) is 22.7 Å². The van der Waals surface area contributed by atoms with Crippen molar-refractivity contribution in [1.82, 2.24) is 0 Å². The van der Waals surface area contributed by atoms with Crippen molar-refractivity contribution >= 4 is 27.6 Å². The van der Waals surface area contributed by atoms with Crippen molar-refractivity contribution in [2.75, 3.05) is 25.6 Å². The fourth-order valence-electron chi connectivity index (χ4n) is 1.83. The van der Waals surface area contributed by atoms with Crippen LogP contribution in [0.1, 0.15) is 13.3 Å². The second-order valence-corrected chi connectivity index (χ2v) is 5.26. The molecule has 0 aliphatic rings. The molecule has 1 aromatic rings. The third-order valence-corrected chi connectivity index (χ3v) is 3.30. The first-order valence-electron chi connectivity index (χ1n) is 5.70. The molecule has 0 saturated carbocycles. The highest BCUT2D eigenvalue weighted by molar-refractivity contribution is 9.10. The average Bonchev–Trinajstić information content (AvgIpc) is 2.27. The monoisotopic (exact) mass is 315 g/mol. The summed E-state index contributed by atoms with van der Waals surface area (Å²) in [5.41, 5.74) is 1.03. The minimum absolute atomic E-state index is 0.105. The van der Waals surface area contributed by atoms with Crippen molar-refractivity contribution in [1.29, 1.82) is 0 Å². The minimum atomic E-state index is -0.758. The molecule has 0 spiro atoms. The van der Waals surface area contributed by atoms with Gasteiger partial charge in [-0.1, -0.05) is 6.92 Å². The van der Waals surface area contributed by atoms with Crippen LogP contribution >= 0.6 is 15.9 Å². The van der Waals surface area contributed by atoms with E-state index in [1.54, 1.807) is 7.11 Å². The summed E-state index contributed by atoms with van der Waals surface area (Å²) in [6.07, 6.45) is 0.182. The second kappa shape index (κ2) is 6.64. The number of benzene rings is 1. The van der Waals surface area contributed by atoms with Crippen LogP contribution in [0.4, 0.5) is 5.69 Å². The first-order valence-corrected chi connectivity index (χ1v) is 6.49. The molecular weight excluding hydrogens is 298 g/mol. The molecule has 0 aliphatic heterocycles. The van der Waals surface area contributed by atoms with Gasteiger partial charge >= 0.3 is 5.97 Å². The van der Waals surface area contributed by atoms with Crippen LogP contribution < -0.4 is 9.64 Å². The lowest BCUT2D eigenvalue weighted by Gasteiger charge is -2.23. The number of carbonyl (C=O) groups is 1. The van der Waals surface area contributed by atoms with E-state index in [0.717, 1.165) is 15.9 Å². The van der Waals surface area contributed by atoms with Crippen LogP contribution in [-0.2, 0) is 4.79 Å². The van der Waals surface area contributed by atoms with Gasteiger partial charge in [0, 0.05) is 25.7 Å². The number of aliphatic carboxylic acids is 1. The molecule has 1 unspecified atom stereocenters. The smallest absolute Gasteiger partial charge is 0.303 e. The molecule has 0 radical (unpaired) electrons. The van der Waals surface area contributed by atoms with Crippen molar-refractivity contribution in [3.63, 3.8) is 0 Å². The van der Waals surface area contributed by atoms with E-state index in [9.17, 15) is 4.79 Å². The summed E-state index contributed by atoms with van der Waals surface area (Å²) in [4.78, 5) is 12.7. The molecule has 0 bridgehead atoms. The molecule has 0 aromatic heterocycles. The molecule has 0 heterocycles. The Balaban J connectivity index is 2.69.